The topological polar surface area (TPSA) is 26.3 Å². The predicted molar refractivity (Wildman–Crippen MR) is 47.5 cm³/mol. The minimum absolute atomic E-state index is 0.341. The van der Waals surface area contributed by atoms with E-state index in [2.05, 4.69) is 6.58 Å². The maximum atomic E-state index is 10.9. The third-order valence-corrected chi connectivity index (χ3v) is 2.07. The molecule has 0 saturated heterocycles. The lowest BCUT2D eigenvalue weighted by atomic mass is 9.99. The van der Waals surface area contributed by atoms with Crippen LogP contribution < -0.4 is 0 Å². The molecule has 1 rings (SSSR count). The lowest BCUT2D eigenvalue weighted by Crippen LogP contribution is -2.05. The molecule has 0 radical (unpaired) electrons. The Morgan fingerprint density at radius 2 is 2.17 bits per heavy atom. The van der Waals surface area contributed by atoms with E-state index in [1.165, 1.54) is 18.1 Å². The second-order valence-electron chi connectivity index (χ2n) is 3.04. The monoisotopic (exact) mass is 166 g/mol. The number of carbonyl (C=O) groups excluding carboxylic acids is 1. The van der Waals surface area contributed by atoms with Crippen molar-refractivity contribution in [3.63, 3.8) is 0 Å². The van der Waals surface area contributed by atoms with Gasteiger partial charge in [0.15, 0.2) is 0 Å². The van der Waals surface area contributed by atoms with Gasteiger partial charge in [0.05, 0.1) is 0 Å². The van der Waals surface area contributed by atoms with Crippen molar-refractivity contribution in [2.24, 2.45) is 0 Å². The molecule has 0 aromatic heterocycles. The summed E-state index contributed by atoms with van der Waals surface area (Å²) in [6, 6.07) is 0. The van der Waals surface area contributed by atoms with Crippen LogP contribution in [0, 0.1) is 0 Å². The molecule has 0 atom stereocenters. The highest BCUT2D eigenvalue weighted by Gasteiger charge is 2.12. The molecule has 1 aliphatic carbocycles. The molecule has 0 aromatic carbocycles. The van der Waals surface area contributed by atoms with Crippen molar-refractivity contribution in [2.45, 2.75) is 32.6 Å². The SMILES string of the molecule is C=CC(=O)OC1=C(C)CCCC1. The average Bonchev–Trinajstić information content (AvgIpc) is 2.09. The van der Waals surface area contributed by atoms with Crippen LogP contribution in [-0.2, 0) is 9.53 Å². The molecule has 2 heteroatoms. The highest BCUT2D eigenvalue weighted by molar-refractivity contribution is 5.82. The fourth-order valence-corrected chi connectivity index (χ4v) is 1.33. The Kier molecular flexibility index (Phi) is 3.09. The number of allylic oxidation sites excluding steroid dienone is 2. The zero-order valence-corrected chi connectivity index (χ0v) is 7.43. The summed E-state index contributed by atoms with van der Waals surface area (Å²) in [4.78, 5) is 10.9. The van der Waals surface area contributed by atoms with Gasteiger partial charge in [0.25, 0.3) is 0 Å². The Hall–Kier alpha value is -1.05. The van der Waals surface area contributed by atoms with Gasteiger partial charge in [-0.25, -0.2) is 4.79 Å². The smallest absolute Gasteiger partial charge is 0.335 e. The van der Waals surface area contributed by atoms with E-state index in [4.69, 9.17) is 4.74 Å². The summed E-state index contributed by atoms with van der Waals surface area (Å²) in [6.45, 7) is 5.37. The molecule has 0 N–H and O–H groups in total. The Morgan fingerprint density at radius 1 is 1.50 bits per heavy atom. The molecular weight excluding hydrogens is 152 g/mol. The van der Waals surface area contributed by atoms with E-state index in [0.29, 0.717) is 0 Å². The normalized spacial score (nSPS) is 17.4. The molecule has 0 spiro atoms. The van der Waals surface area contributed by atoms with Crippen molar-refractivity contribution in [1.29, 1.82) is 0 Å². The van der Waals surface area contributed by atoms with Gasteiger partial charge in [-0.2, -0.15) is 0 Å². The van der Waals surface area contributed by atoms with Crippen molar-refractivity contribution in [1.82, 2.24) is 0 Å². The molecule has 0 bridgehead atoms. The number of carbonyl (C=O) groups is 1. The molecule has 0 saturated carbocycles. The quantitative estimate of drug-likeness (QED) is 0.465. The van der Waals surface area contributed by atoms with Crippen LogP contribution in [0.5, 0.6) is 0 Å². The summed E-state index contributed by atoms with van der Waals surface area (Å²) in [5.74, 6) is 0.511. The minimum atomic E-state index is -0.341. The third kappa shape index (κ3) is 2.22. The third-order valence-electron chi connectivity index (χ3n) is 2.07. The molecule has 0 heterocycles. The summed E-state index contributed by atoms with van der Waals surface area (Å²) in [6.07, 6.45) is 5.48. The van der Waals surface area contributed by atoms with E-state index in [-0.39, 0.29) is 5.97 Å². The molecule has 12 heavy (non-hydrogen) atoms. The zero-order valence-electron chi connectivity index (χ0n) is 7.43. The van der Waals surface area contributed by atoms with Gasteiger partial charge in [-0.05, 0) is 31.8 Å². The van der Waals surface area contributed by atoms with E-state index in [9.17, 15) is 4.79 Å². The van der Waals surface area contributed by atoms with Gasteiger partial charge in [-0.15, -0.1) is 0 Å². The Bertz CT molecular complexity index is 226. The second-order valence-corrected chi connectivity index (χ2v) is 3.04. The van der Waals surface area contributed by atoms with Gasteiger partial charge in [0, 0.05) is 12.5 Å². The maximum Gasteiger partial charge on any atom is 0.335 e. The van der Waals surface area contributed by atoms with Gasteiger partial charge < -0.3 is 4.74 Å². The second kappa shape index (κ2) is 4.10. The summed E-state index contributed by atoms with van der Waals surface area (Å²) in [5, 5.41) is 0. The first-order valence-electron chi connectivity index (χ1n) is 4.27. The lowest BCUT2D eigenvalue weighted by molar-refractivity contribution is -0.134. The van der Waals surface area contributed by atoms with Crippen molar-refractivity contribution in [3.05, 3.63) is 24.0 Å². The van der Waals surface area contributed by atoms with Gasteiger partial charge in [0.2, 0.25) is 0 Å². The lowest BCUT2D eigenvalue weighted by Gasteiger charge is -2.16. The van der Waals surface area contributed by atoms with Crippen molar-refractivity contribution in [2.75, 3.05) is 0 Å². The van der Waals surface area contributed by atoms with Crippen LogP contribution in [0.3, 0.4) is 0 Å². The first-order valence-corrected chi connectivity index (χ1v) is 4.27. The molecule has 2 nitrogen and oxygen atoms in total. The van der Waals surface area contributed by atoms with E-state index < -0.39 is 0 Å². The molecule has 0 aliphatic heterocycles. The minimum Gasteiger partial charge on any atom is -0.428 e. The zero-order chi connectivity index (χ0) is 8.97. The number of hydrogen-bond acceptors (Lipinski definition) is 2. The molecule has 66 valence electrons. The summed E-state index contributed by atoms with van der Waals surface area (Å²) >= 11 is 0. The van der Waals surface area contributed by atoms with Crippen molar-refractivity contribution in [3.8, 4) is 0 Å². The van der Waals surface area contributed by atoms with Gasteiger partial charge >= 0.3 is 5.97 Å². The highest BCUT2D eigenvalue weighted by Crippen LogP contribution is 2.24. The van der Waals surface area contributed by atoms with E-state index in [1.54, 1.807) is 0 Å². The van der Waals surface area contributed by atoms with Crippen molar-refractivity contribution < 1.29 is 9.53 Å². The standard InChI is InChI=1S/C10H14O2/c1-3-10(11)12-9-7-5-4-6-8(9)2/h3H,1,4-7H2,2H3. The van der Waals surface area contributed by atoms with Crippen LogP contribution in [-0.4, -0.2) is 5.97 Å². The van der Waals surface area contributed by atoms with E-state index >= 15 is 0 Å². The highest BCUT2D eigenvalue weighted by atomic mass is 16.5. The van der Waals surface area contributed by atoms with Crippen LogP contribution >= 0.6 is 0 Å². The van der Waals surface area contributed by atoms with Crippen LogP contribution in [0.1, 0.15) is 32.6 Å². The molecular formula is C10H14O2. The number of hydrogen-bond donors (Lipinski definition) is 0. The molecule has 0 fully saturated rings. The molecule has 0 amide bonds. The fraction of sp³-hybridized carbons (Fsp3) is 0.500. The number of esters is 1. The molecule has 0 unspecified atom stereocenters. The maximum absolute atomic E-state index is 10.9. The Morgan fingerprint density at radius 3 is 2.75 bits per heavy atom. The van der Waals surface area contributed by atoms with Gasteiger partial charge in [-0.1, -0.05) is 6.58 Å². The van der Waals surface area contributed by atoms with E-state index in [1.807, 2.05) is 6.92 Å². The fourth-order valence-electron chi connectivity index (χ4n) is 1.33. The van der Waals surface area contributed by atoms with Gasteiger partial charge in [0.1, 0.15) is 5.76 Å². The van der Waals surface area contributed by atoms with Crippen LogP contribution in [0.2, 0.25) is 0 Å². The first-order chi connectivity index (χ1) is 5.74. The Balaban J connectivity index is 2.60. The molecule has 1 aliphatic rings. The van der Waals surface area contributed by atoms with E-state index in [0.717, 1.165) is 25.0 Å². The summed E-state index contributed by atoms with van der Waals surface area (Å²) < 4.78 is 5.08. The van der Waals surface area contributed by atoms with Crippen molar-refractivity contribution >= 4 is 5.97 Å². The number of ether oxygens (including phenoxy) is 1. The predicted octanol–water partition coefficient (Wildman–Crippen LogP) is 2.56. The van der Waals surface area contributed by atoms with Gasteiger partial charge in [-0.3, -0.25) is 0 Å². The summed E-state index contributed by atoms with van der Waals surface area (Å²) in [7, 11) is 0. The molecule has 0 aromatic rings. The average molecular weight is 166 g/mol. The van der Waals surface area contributed by atoms with Crippen LogP contribution in [0.25, 0.3) is 0 Å². The first kappa shape index (κ1) is 9.04. The van der Waals surface area contributed by atoms with Crippen LogP contribution in [0.15, 0.2) is 24.0 Å². The van der Waals surface area contributed by atoms with Crippen LogP contribution in [0.4, 0.5) is 0 Å². The Labute approximate surface area is 72.9 Å². The number of rotatable bonds is 2. The summed E-state index contributed by atoms with van der Waals surface area (Å²) in [5.41, 5.74) is 1.21. The largest absolute Gasteiger partial charge is 0.428 e.